The SMILES string of the molecule is NC(=O)[C@@H]1CCCN(C(=O)c2ccc(S(=O)(=O)Nc3ccc(F)cc3)cc2)C1. The average Bonchev–Trinajstić information content (AvgIpc) is 2.69. The number of primary amides is 1. The number of carbonyl (C=O) groups excluding carboxylic acids is 2. The van der Waals surface area contributed by atoms with Gasteiger partial charge in [-0.2, -0.15) is 0 Å². The molecular weight excluding hydrogens is 385 g/mol. The molecule has 2 aromatic rings. The first-order chi connectivity index (χ1) is 13.3. The number of nitrogens with two attached hydrogens (primary N) is 1. The number of piperidine rings is 1. The number of rotatable bonds is 5. The lowest BCUT2D eigenvalue weighted by Crippen LogP contribution is -2.44. The quantitative estimate of drug-likeness (QED) is 0.792. The van der Waals surface area contributed by atoms with Crippen LogP contribution in [0, 0.1) is 11.7 Å². The number of likely N-dealkylation sites (tertiary alicyclic amines) is 1. The topological polar surface area (TPSA) is 110 Å². The monoisotopic (exact) mass is 405 g/mol. The predicted molar refractivity (Wildman–Crippen MR) is 101 cm³/mol. The molecule has 3 N–H and O–H groups in total. The summed E-state index contributed by atoms with van der Waals surface area (Å²) >= 11 is 0. The summed E-state index contributed by atoms with van der Waals surface area (Å²) in [5.41, 5.74) is 5.89. The van der Waals surface area contributed by atoms with E-state index in [-0.39, 0.29) is 29.0 Å². The minimum absolute atomic E-state index is 0.0259. The number of hydrogen-bond donors (Lipinski definition) is 2. The Hall–Kier alpha value is -2.94. The Morgan fingerprint density at radius 3 is 2.32 bits per heavy atom. The number of anilines is 1. The third-order valence-electron chi connectivity index (χ3n) is 4.62. The number of amides is 2. The van der Waals surface area contributed by atoms with Crippen molar-refractivity contribution in [2.24, 2.45) is 11.7 Å². The van der Waals surface area contributed by atoms with Crippen molar-refractivity contribution >= 4 is 27.5 Å². The molecule has 0 radical (unpaired) electrons. The second kappa shape index (κ2) is 7.97. The molecule has 148 valence electrons. The van der Waals surface area contributed by atoms with Gasteiger partial charge in [-0.15, -0.1) is 0 Å². The predicted octanol–water partition coefficient (Wildman–Crippen LogP) is 1.96. The molecule has 1 saturated heterocycles. The van der Waals surface area contributed by atoms with Crippen LogP contribution in [-0.2, 0) is 14.8 Å². The van der Waals surface area contributed by atoms with E-state index >= 15 is 0 Å². The molecule has 2 amide bonds. The molecule has 1 aliphatic rings. The highest BCUT2D eigenvalue weighted by molar-refractivity contribution is 7.92. The second-order valence-corrected chi connectivity index (χ2v) is 8.31. The van der Waals surface area contributed by atoms with Gasteiger partial charge in [0.15, 0.2) is 0 Å². The summed E-state index contributed by atoms with van der Waals surface area (Å²) in [5.74, 6) is -1.54. The lowest BCUT2D eigenvalue weighted by molar-refractivity contribution is -0.123. The lowest BCUT2D eigenvalue weighted by Gasteiger charge is -2.31. The van der Waals surface area contributed by atoms with Gasteiger partial charge in [0.2, 0.25) is 5.91 Å². The van der Waals surface area contributed by atoms with Crippen molar-refractivity contribution in [3.05, 3.63) is 59.9 Å². The largest absolute Gasteiger partial charge is 0.369 e. The molecule has 0 spiro atoms. The van der Waals surface area contributed by atoms with E-state index in [1.54, 1.807) is 4.90 Å². The molecule has 0 bridgehead atoms. The number of hydrogen-bond acceptors (Lipinski definition) is 4. The Labute approximate surface area is 162 Å². The average molecular weight is 405 g/mol. The van der Waals surface area contributed by atoms with Crippen LogP contribution in [-0.4, -0.2) is 38.2 Å². The first-order valence-electron chi connectivity index (χ1n) is 8.73. The normalized spacial score (nSPS) is 17.2. The molecule has 28 heavy (non-hydrogen) atoms. The van der Waals surface area contributed by atoms with Gasteiger partial charge in [0, 0.05) is 24.3 Å². The maximum Gasteiger partial charge on any atom is 0.261 e. The van der Waals surface area contributed by atoms with Crippen LogP contribution >= 0.6 is 0 Å². The highest BCUT2D eigenvalue weighted by Gasteiger charge is 2.27. The van der Waals surface area contributed by atoms with Crippen molar-refractivity contribution in [2.75, 3.05) is 17.8 Å². The van der Waals surface area contributed by atoms with Crippen LogP contribution < -0.4 is 10.5 Å². The zero-order valence-electron chi connectivity index (χ0n) is 15.0. The van der Waals surface area contributed by atoms with Gasteiger partial charge < -0.3 is 10.6 Å². The molecule has 0 unspecified atom stereocenters. The van der Waals surface area contributed by atoms with Crippen LogP contribution in [0.5, 0.6) is 0 Å². The summed E-state index contributed by atoms with van der Waals surface area (Å²) in [4.78, 5) is 25.5. The fourth-order valence-corrected chi connectivity index (χ4v) is 4.14. The Kier molecular flexibility index (Phi) is 5.64. The highest BCUT2D eigenvalue weighted by Crippen LogP contribution is 2.20. The molecule has 1 aliphatic heterocycles. The molecule has 1 atom stereocenters. The van der Waals surface area contributed by atoms with Crippen molar-refractivity contribution in [1.29, 1.82) is 0 Å². The van der Waals surface area contributed by atoms with E-state index < -0.39 is 21.7 Å². The van der Waals surface area contributed by atoms with Crippen LogP contribution in [0.2, 0.25) is 0 Å². The van der Waals surface area contributed by atoms with Crippen molar-refractivity contribution in [3.63, 3.8) is 0 Å². The van der Waals surface area contributed by atoms with Gasteiger partial charge in [0.1, 0.15) is 5.82 Å². The first kappa shape index (κ1) is 19.8. The Morgan fingerprint density at radius 1 is 1.07 bits per heavy atom. The van der Waals surface area contributed by atoms with Gasteiger partial charge >= 0.3 is 0 Å². The van der Waals surface area contributed by atoms with Gasteiger partial charge in [-0.1, -0.05) is 0 Å². The number of sulfonamides is 1. The molecule has 1 heterocycles. The molecule has 0 saturated carbocycles. The van der Waals surface area contributed by atoms with Crippen LogP contribution in [0.1, 0.15) is 23.2 Å². The van der Waals surface area contributed by atoms with Crippen molar-refractivity contribution in [1.82, 2.24) is 4.90 Å². The molecule has 0 aliphatic carbocycles. The smallest absolute Gasteiger partial charge is 0.261 e. The Balaban J connectivity index is 1.72. The van der Waals surface area contributed by atoms with Gasteiger partial charge in [0.25, 0.3) is 15.9 Å². The summed E-state index contributed by atoms with van der Waals surface area (Å²) in [5, 5.41) is 0. The number of halogens is 1. The molecule has 1 fully saturated rings. The van der Waals surface area contributed by atoms with E-state index in [2.05, 4.69) is 4.72 Å². The van der Waals surface area contributed by atoms with Crippen LogP contribution in [0.15, 0.2) is 53.4 Å². The fourth-order valence-electron chi connectivity index (χ4n) is 3.09. The van der Waals surface area contributed by atoms with Crippen molar-refractivity contribution in [3.8, 4) is 0 Å². The third-order valence-corrected chi connectivity index (χ3v) is 6.02. The van der Waals surface area contributed by atoms with Crippen molar-refractivity contribution < 1.29 is 22.4 Å². The maximum atomic E-state index is 12.9. The van der Waals surface area contributed by atoms with Crippen LogP contribution in [0.4, 0.5) is 10.1 Å². The number of carbonyl (C=O) groups is 2. The molecule has 9 heteroatoms. The lowest BCUT2D eigenvalue weighted by atomic mass is 9.97. The molecule has 3 rings (SSSR count). The second-order valence-electron chi connectivity index (χ2n) is 6.63. The Bertz CT molecular complexity index is 975. The number of nitrogens with zero attached hydrogens (tertiary/aromatic N) is 1. The summed E-state index contributed by atoms with van der Waals surface area (Å²) in [6.07, 6.45) is 1.35. The maximum absolute atomic E-state index is 12.9. The molecular formula is C19H20FN3O4S. The summed E-state index contributed by atoms with van der Waals surface area (Å²) in [6, 6.07) is 10.4. The van der Waals surface area contributed by atoms with Gasteiger partial charge in [0.05, 0.1) is 10.8 Å². The van der Waals surface area contributed by atoms with E-state index in [4.69, 9.17) is 5.73 Å². The van der Waals surface area contributed by atoms with E-state index in [0.29, 0.717) is 24.9 Å². The first-order valence-corrected chi connectivity index (χ1v) is 10.2. The molecule has 7 nitrogen and oxygen atoms in total. The van der Waals surface area contributed by atoms with Crippen LogP contribution in [0.3, 0.4) is 0 Å². The number of nitrogens with one attached hydrogen (secondary N) is 1. The van der Waals surface area contributed by atoms with E-state index in [1.165, 1.54) is 36.4 Å². The molecule has 2 aromatic carbocycles. The highest BCUT2D eigenvalue weighted by atomic mass is 32.2. The van der Waals surface area contributed by atoms with Gasteiger partial charge in [-0.3, -0.25) is 14.3 Å². The van der Waals surface area contributed by atoms with Crippen molar-refractivity contribution in [2.45, 2.75) is 17.7 Å². The van der Waals surface area contributed by atoms with Gasteiger partial charge in [-0.05, 0) is 61.4 Å². The summed E-state index contributed by atoms with van der Waals surface area (Å²) in [6.45, 7) is 0.787. The minimum Gasteiger partial charge on any atom is -0.369 e. The number of benzene rings is 2. The minimum atomic E-state index is -3.87. The fraction of sp³-hybridized carbons (Fsp3) is 0.263. The van der Waals surface area contributed by atoms with Crippen LogP contribution in [0.25, 0.3) is 0 Å². The van der Waals surface area contributed by atoms with E-state index in [1.807, 2.05) is 0 Å². The van der Waals surface area contributed by atoms with E-state index in [9.17, 15) is 22.4 Å². The third kappa shape index (κ3) is 4.48. The van der Waals surface area contributed by atoms with Gasteiger partial charge in [-0.25, -0.2) is 12.8 Å². The zero-order valence-corrected chi connectivity index (χ0v) is 15.8. The van der Waals surface area contributed by atoms with E-state index in [0.717, 1.165) is 12.1 Å². The summed E-state index contributed by atoms with van der Waals surface area (Å²) in [7, 11) is -3.87. The standard InChI is InChI=1S/C19H20FN3O4S/c20-15-5-7-16(8-6-15)22-28(26,27)17-9-3-13(4-10-17)19(25)23-11-1-2-14(12-23)18(21)24/h3-10,14,22H,1-2,11-12H2,(H2,21,24)/t14-/m1/s1. The molecule has 0 aromatic heterocycles. The summed E-state index contributed by atoms with van der Waals surface area (Å²) < 4.78 is 40.2. The Morgan fingerprint density at radius 2 is 1.71 bits per heavy atom. The zero-order chi connectivity index (χ0) is 20.3.